The van der Waals surface area contributed by atoms with Gasteiger partial charge in [-0.15, -0.1) is 0 Å². The van der Waals surface area contributed by atoms with Gasteiger partial charge in [0.05, 0.1) is 0 Å². The van der Waals surface area contributed by atoms with Gasteiger partial charge in [-0.2, -0.15) is 0 Å². The van der Waals surface area contributed by atoms with Crippen LogP contribution in [0.15, 0.2) is 42.5 Å². The minimum atomic E-state index is -0.916. The summed E-state index contributed by atoms with van der Waals surface area (Å²) >= 11 is 0. The number of amides is 1. The Labute approximate surface area is 126 Å². The molecule has 0 aromatic heterocycles. The van der Waals surface area contributed by atoms with Crippen LogP contribution in [0.4, 0.5) is 8.78 Å². The summed E-state index contributed by atoms with van der Waals surface area (Å²) in [5.74, 6) is -2.49. The van der Waals surface area contributed by atoms with E-state index in [-0.39, 0.29) is 18.4 Å². The second-order valence-corrected chi connectivity index (χ2v) is 5.28. The molecule has 2 aromatic carbocycles. The van der Waals surface area contributed by atoms with Gasteiger partial charge in [-0.1, -0.05) is 30.3 Å². The maximum absolute atomic E-state index is 14.0. The lowest BCUT2D eigenvalue weighted by molar-refractivity contribution is 0.0942. The molecule has 0 saturated heterocycles. The lowest BCUT2D eigenvalue weighted by Crippen LogP contribution is -2.27. The van der Waals surface area contributed by atoms with Crippen LogP contribution in [-0.2, 0) is 6.61 Å². The highest BCUT2D eigenvalue weighted by molar-refractivity contribution is 5.95. The molecule has 0 spiro atoms. The van der Waals surface area contributed by atoms with Crippen LogP contribution in [0.1, 0.15) is 28.8 Å². The molecule has 22 heavy (non-hydrogen) atoms. The van der Waals surface area contributed by atoms with Crippen LogP contribution in [0.5, 0.6) is 5.75 Å². The predicted molar refractivity (Wildman–Crippen MR) is 77.6 cm³/mol. The van der Waals surface area contributed by atoms with Crippen molar-refractivity contribution in [2.75, 3.05) is 0 Å². The zero-order valence-electron chi connectivity index (χ0n) is 11.8. The van der Waals surface area contributed by atoms with E-state index in [1.165, 1.54) is 0 Å². The van der Waals surface area contributed by atoms with Gasteiger partial charge in [-0.05, 0) is 18.4 Å². The fourth-order valence-electron chi connectivity index (χ4n) is 2.08. The summed E-state index contributed by atoms with van der Waals surface area (Å²) in [5, 5.41) is 2.57. The molecule has 1 N–H and O–H groups in total. The second kappa shape index (κ2) is 6.13. The molecule has 0 atom stereocenters. The molecule has 114 valence electrons. The van der Waals surface area contributed by atoms with Gasteiger partial charge in [-0.25, -0.2) is 8.78 Å². The molecule has 0 heterocycles. The van der Waals surface area contributed by atoms with Crippen molar-refractivity contribution in [3.05, 3.63) is 65.2 Å². The average Bonchev–Trinajstić information content (AvgIpc) is 3.29. The summed E-state index contributed by atoms with van der Waals surface area (Å²) in [6, 6.07) is 11.4. The Bertz CT molecular complexity index is 661. The Hall–Kier alpha value is -2.43. The minimum Gasteiger partial charge on any atom is -0.489 e. The van der Waals surface area contributed by atoms with E-state index in [2.05, 4.69) is 5.32 Å². The molecule has 1 aliphatic carbocycles. The Morgan fingerprint density at radius 3 is 2.36 bits per heavy atom. The van der Waals surface area contributed by atoms with Crippen molar-refractivity contribution in [1.29, 1.82) is 0 Å². The van der Waals surface area contributed by atoms with E-state index >= 15 is 0 Å². The number of carbonyl (C=O) groups is 1. The molecule has 0 aliphatic heterocycles. The van der Waals surface area contributed by atoms with Crippen LogP contribution < -0.4 is 10.1 Å². The van der Waals surface area contributed by atoms with Crippen molar-refractivity contribution >= 4 is 5.91 Å². The smallest absolute Gasteiger partial charge is 0.257 e. The largest absolute Gasteiger partial charge is 0.489 e. The molecule has 3 rings (SSSR count). The molecule has 0 unspecified atom stereocenters. The lowest BCUT2D eigenvalue weighted by Gasteiger charge is -2.10. The highest BCUT2D eigenvalue weighted by Gasteiger charge is 2.27. The highest BCUT2D eigenvalue weighted by Crippen LogP contribution is 2.24. The zero-order valence-corrected chi connectivity index (χ0v) is 11.8. The maximum atomic E-state index is 14.0. The molecule has 1 fully saturated rings. The van der Waals surface area contributed by atoms with Crippen molar-refractivity contribution in [2.24, 2.45) is 0 Å². The van der Waals surface area contributed by atoms with Crippen LogP contribution in [0.3, 0.4) is 0 Å². The molecule has 1 saturated carbocycles. The number of ether oxygens (including phenoxy) is 1. The molecule has 1 amide bonds. The first kappa shape index (κ1) is 14.5. The second-order valence-electron chi connectivity index (χ2n) is 5.28. The third-order valence-corrected chi connectivity index (χ3v) is 3.40. The number of benzene rings is 2. The van der Waals surface area contributed by atoms with Crippen LogP contribution in [0.25, 0.3) is 0 Å². The minimum absolute atomic E-state index is 0.0420. The summed E-state index contributed by atoms with van der Waals surface area (Å²) in [5.41, 5.74) is 0.331. The number of rotatable bonds is 5. The molecule has 2 aromatic rings. The van der Waals surface area contributed by atoms with Crippen molar-refractivity contribution in [2.45, 2.75) is 25.5 Å². The summed E-state index contributed by atoms with van der Waals surface area (Å²) in [7, 11) is 0. The molecular weight excluding hydrogens is 288 g/mol. The quantitative estimate of drug-likeness (QED) is 0.919. The summed E-state index contributed by atoms with van der Waals surface area (Å²) in [4.78, 5) is 11.8. The van der Waals surface area contributed by atoms with Gasteiger partial charge < -0.3 is 10.1 Å². The third-order valence-electron chi connectivity index (χ3n) is 3.40. The van der Waals surface area contributed by atoms with Crippen LogP contribution >= 0.6 is 0 Å². The van der Waals surface area contributed by atoms with Gasteiger partial charge in [0.15, 0.2) is 0 Å². The van der Waals surface area contributed by atoms with Crippen LogP contribution in [-0.4, -0.2) is 11.9 Å². The fourth-order valence-corrected chi connectivity index (χ4v) is 2.08. The fraction of sp³-hybridized carbons (Fsp3) is 0.235. The Balaban J connectivity index is 1.72. The highest BCUT2D eigenvalue weighted by atomic mass is 19.1. The van der Waals surface area contributed by atoms with Gasteiger partial charge >= 0.3 is 0 Å². The molecule has 0 bridgehead atoms. The van der Waals surface area contributed by atoms with Crippen molar-refractivity contribution < 1.29 is 18.3 Å². The zero-order chi connectivity index (χ0) is 15.5. The average molecular weight is 303 g/mol. The molecule has 3 nitrogen and oxygen atoms in total. The number of halogens is 2. The van der Waals surface area contributed by atoms with E-state index in [1.54, 1.807) is 0 Å². The standard InChI is InChI=1S/C17H15F2NO2/c18-14-8-13(22-10-11-4-2-1-3-5-11)9-15(19)16(14)17(21)20-12-6-7-12/h1-5,8-9,12H,6-7,10H2,(H,20,21). The number of hydrogen-bond acceptors (Lipinski definition) is 2. The number of nitrogens with one attached hydrogen (secondary N) is 1. The SMILES string of the molecule is O=C(NC1CC1)c1c(F)cc(OCc2ccccc2)cc1F. The topological polar surface area (TPSA) is 38.3 Å². The van der Waals surface area contributed by atoms with E-state index in [4.69, 9.17) is 4.74 Å². The number of hydrogen-bond donors (Lipinski definition) is 1. The summed E-state index contributed by atoms with van der Waals surface area (Å²) in [6.45, 7) is 0.202. The van der Waals surface area contributed by atoms with E-state index in [1.807, 2.05) is 30.3 Å². The maximum Gasteiger partial charge on any atom is 0.257 e. The van der Waals surface area contributed by atoms with Crippen molar-refractivity contribution in [3.8, 4) is 5.75 Å². The first-order valence-electron chi connectivity index (χ1n) is 7.10. The van der Waals surface area contributed by atoms with Crippen molar-refractivity contribution in [3.63, 3.8) is 0 Å². The molecular formula is C17H15F2NO2. The van der Waals surface area contributed by atoms with E-state index < -0.39 is 23.1 Å². The molecule has 5 heteroatoms. The Kier molecular flexibility index (Phi) is 4.04. The van der Waals surface area contributed by atoms with Crippen LogP contribution in [0.2, 0.25) is 0 Å². The van der Waals surface area contributed by atoms with E-state index in [9.17, 15) is 13.6 Å². The normalized spacial score (nSPS) is 13.7. The van der Waals surface area contributed by atoms with Crippen LogP contribution in [0, 0.1) is 11.6 Å². The summed E-state index contributed by atoms with van der Waals surface area (Å²) < 4.78 is 33.3. The molecule has 0 radical (unpaired) electrons. The predicted octanol–water partition coefficient (Wildman–Crippen LogP) is 3.44. The Morgan fingerprint density at radius 2 is 1.77 bits per heavy atom. The van der Waals surface area contributed by atoms with Gasteiger partial charge in [0.1, 0.15) is 29.6 Å². The van der Waals surface area contributed by atoms with Gasteiger partial charge in [-0.3, -0.25) is 4.79 Å². The molecule has 1 aliphatic rings. The van der Waals surface area contributed by atoms with Gasteiger partial charge in [0.2, 0.25) is 0 Å². The lowest BCUT2D eigenvalue weighted by atomic mass is 10.1. The number of carbonyl (C=O) groups excluding carboxylic acids is 1. The third kappa shape index (κ3) is 3.42. The first-order valence-corrected chi connectivity index (χ1v) is 7.10. The van der Waals surface area contributed by atoms with Gasteiger partial charge in [0, 0.05) is 18.2 Å². The first-order chi connectivity index (χ1) is 10.6. The van der Waals surface area contributed by atoms with E-state index in [0.29, 0.717) is 0 Å². The monoisotopic (exact) mass is 303 g/mol. The summed E-state index contributed by atoms with van der Waals surface area (Å²) in [6.07, 6.45) is 1.71. The van der Waals surface area contributed by atoms with Gasteiger partial charge in [0.25, 0.3) is 5.91 Å². The Morgan fingerprint density at radius 1 is 1.14 bits per heavy atom. The van der Waals surface area contributed by atoms with E-state index in [0.717, 1.165) is 30.5 Å². The van der Waals surface area contributed by atoms with Crippen molar-refractivity contribution in [1.82, 2.24) is 5.32 Å².